The summed E-state index contributed by atoms with van der Waals surface area (Å²) >= 11 is 1.52. The van der Waals surface area contributed by atoms with Gasteiger partial charge in [0.2, 0.25) is 5.78 Å². The lowest BCUT2D eigenvalue weighted by Crippen LogP contribution is -2.20. The van der Waals surface area contributed by atoms with Crippen LogP contribution in [0.15, 0.2) is 42.1 Å². The van der Waals surface area contributed by atoms with Gasteiger partial charge in [0.05, 0.1) is 10.6 Å². The Hall–Kier alpha value is -1.94. The number of allylic oxidation sites excluding steroid dienone is 1. The highest BCUT2D eigenvalue weighted by Gasteiger charge is 2.26. The largest absolute Gasteiger partial charge is 0.378 e. The van der Waals surface area contributed by atoms with Crippen molar-refractivity contribution in [2.75, 3.05) is 13.1 Å². The van der Waals surface area contributed by atoms with Gasteiger partial charge in [-0.1, -0.05) is 30.3 Å². The molecule has 0 atom stereocenters. The number of carbonyl (C=O) groups excluding carboxylic acids is 1. The lowest BCUT2D eigenvalue weighted by Gasteiger charge is -2.19. The van der Waals surface area contributed by atoms with Crippen molar-refractivity contribution in [2.45, 2.75) is 26.7 Å². The first-order valence-corrected chi connectivity index (χ1v) is 8.59. The summed E-state index contributed by atoms with van der Waals surface area (Å²) in [7, 11) is 0. The second-order valence-corrected chi connectivity index (χ2v) is 6.36. The van der Waals surface area contributed by atoms with Crippen LogP contribution in [0.4, 0.5) is 0 Å². The molecular formula is C18H20N2OS. The van der Waals surface area contributed by atoms with Crippen molar-refractivity contribution in [3.05, 3.63) is 52.7 Å². The van der Waals surface area contributed by atoms with Crippen LogP contribution in [0, 0.1) is 0 Å². The van der Waals surface area contributed by atoms with E-state index in [2.05, 4.69) is 23.7 Å². The first-order chi connectivity index (χ1) is 10.7. The molecule has 0 bridgehead atoms. The predicted molar refractivity (Wildman–Crippen MR) is 91.2 cm³/mol. The number of ketones is 1. The molecule has 0 aliphatic heterocycles. The second-order valence-electron chi connectivity index (χ2n) is 5.37. The maximum atomic E-state index is 12.7. The van der Waals surface area contributed by atoms with E-state index in [1.807, 2.05) is 36.5 Å². The number of rotatable bonds is 4. The maximum Gasteiger partial charge on any atom is 0.202 e. The van der Waals surface area contributed by atoms with Gasteiger partial charge < -0.3 is 4.90 Å². The maximum absolute atomic E-state index is 12.7. The third-order valence-electron chi connectivity index (χ3n) is 4.00. The summed E-state index contributed by atoms with van der Waals surface area (Å²) in [6.45, 7) is 6.08. The predicted octanol–water partition coefficient (Wildman–Crippen LogP) is 4.16. The van der Waals surface area contributed by atoms with Crippen molar-refractivity contribution in [3.63, 3.8) is 0 Å². The molecule has 1 heterocycles. The Kier molecular flexibility index (Phi) is 4.39. The van der Waals surface area contributed by atoms with Crippen molar-refractivity contribution >= 4 is 17.1 Å². The van der Waals surface area contributed by atoms with Crippen LogP contribution in [0.5, 0.6) is 0 Å². The molecule has 0 amide bonds. The molecule has 4 heteroatoms. The van der Waals surface area contributed by atoms with Gasteiger partial charge in [-0.15, -0.1) is 11.3 Å². The summed E-state index contributed by atoms with van der Waals surface area (Å²) in [6.07, 6.45) is 3.69. The van der Waals surface area contributed by atoms with Gasteiger partial charge in [0.1, 0.15) is 5.01 Å². The van der Waals surface area contributed by atoms with Crippen molar-refractivity contribution < 1.29 is 4.79 Å². The molecule has 1 aliphatic carbocycles. The molecule has 3 nitrogen and oxygen atoms in total. The van der Waals surface area contributed by atoms with Crippen LogP contribution in [-0.2, 0) is 6.42 Å². The van der Waals surface area contributed by atoms with Crippen molar-refractivity contribution in [3.8, 4) is 10.6 Å². The summed E-state index contributed by atoms with van der Waals surface area (Å²) < 4.78 is 0. The van der Waals surface area contributed by atoms with Gasteiger partial charge in [0.25, 0.3) is 0 Å². The number of fused-ring (bicyclic) bond motifs is 1. The Bertz CT molecular complexity index is 699. The number of hydrogen-bond donors (Lipinski definition) is 0. The highest BCUT2D eigenvalue weighted by Crippen LogP contribution is 2.34. The van der Waals surface area contributed by atoms with E-state index >= 15 is 0 Å². The molecule has 0 fully saturated rings. The minimum atomic E-state index is 0.160. The van der Waals surface area contributed by atoms with Gasteiger partial charge in [0, 0.05) is 30.4 Å². The highest BCUT2D eigenvalue weighted by molar-refractivity contribution is 7.17. The number of hydrogen-bond acceptors (Lipinski definition) is 4. The standard InChI is InChI=1S/C18H20N2OS/c1-3-20(4-2)12-14-10-11-15-17(16(14)21)22-18(19-15)13-8-6-5-7-9-13/h5-9,12H,3-4,10-11H2,1-2H3/b14-12+. The van der Waals surface area contributed by atoms with Crippen LogP contribution in [0.25, 0.3) is 10.6 Å². The number of benzene rings is 1. The molecule has 114 valence electrons. The fourth-order valence-electron chi connectivity index (χ4n) is 2.66. The van der Waals surface area contributed by atoms with Gasteiger partial charge in [-0.05, 0) is 26.7 Å². The van der Waals surface area contributed by atoms with Crippen LogP contribution in [0.2, 0.25) is 0 Å². The third kappa shape index (κ3) is 2.83. The monoisotopic (exact) mass is 312 g/mol. The second kappa shape index (κ2) is 6.44. The molecule has 1 aromatic carbocycles. The fraction of sp³-hybridized carbons (Fsp3) is 0.333. The summed E-state index contributed by atoms with van der Waals surface area (Å²) in [4.78, 5) is 20.4. The molecule has 0 spiro atoms. The Labute approximate surface area is 135 Å². The Balaban J connectivity index is 1.92. The van der Waals surface area contributed by atoms with Gasteiger partial charge >= 0.3 is 0 Å². The molecule has 0 saturated heterocycles. The molecule has 0 radical (unpaired) electrons. The number of carbonyl (C=O) groups is 1. The zero-order valence-corrected chi connectivity index (χ0v) is 13.8. The zero-order chi connectivity index (χ0) is 15.5. The van der Waals surface area contributed by atoms with Crippen molar-refractivity contribution in [1.29, 1.82) is 0 Å². The van der Waals surface area contributed by atoms with Crippen LogP contribution in [0.1, 0.15) is 35.6 Å². The minimum Gasteiger partial charge on any atom is -0.378 e. The molecule has 0 saturated carbocycles. The minimum absolute atomic E-state index is 0.160. The van der Waals surface area contributed by atoms with E-state index in [9.17, 15) is 4.79 Å². The zero-order valence-electron chi connectivity index (χ0n) is 13.0. The Morgan fingerprint density at radius 1 is 1.18 bits per heavy atom. The molecule has 22 heavy (non-hydrogen) atoms. The van der Waals surface area contributed by atoms with Crippen LogP contribution < -0.4 is 0 Å². The third-order valence-corrected chi connectivity index (χ3v) is 5.14. The van der Waals surface area contributed by atoms with E-state index in [1.54, 1.807) is 0 Å². The number of aromatic nitrogens is 1. The van der Waals surface area contributed by atoms with E-state index < -0.39 is 0 Å². The van der Waals surface area contributed by atoms with Crippen LogP contribution in [0.3, 0.4) is 0 Å². The Morgan fingerprint density at radius 2 is 1.91 bits per heavy atom. The molecule has 2 aromatic rings. The normalized spacial score (nSPS) is 15.9. The van der Waals surface area contributed by atoms with E-state index in [-0.39, 0.29) is 5.78 Å². The number of aryl methyl sites for hydroxylation is 1. The summed E-state index contributed by atoms with van der Waals surface area (Å²) in [5.74, 6) is 0.160. The van der Waals surface area contributed by atoms with Gasteiger partial charge in [-0.2, -0.15) is 0 Å². The first-order valence-electron chi connectivity index (χ1n) is 7.77. The van der Waals surface area contributed by atoms with Crippen LogP contribution >= 0.6 is 11.3 Å². The Morgan fingerprint density at radius 3 is 2.59 bits per heavy atom. The van der Waals surface area contributed by atoms with Crippen LogP contribution in [-0.4, -0.2) is 28.8 Å². The van der Waals surface area contributed by atoms with E-state index in [0.29, 0.717) is 0 Å². The fourth-order valence-corrected chi connectivity index (χ4v) is 3.76. The average molecular weight is 312 g/mol. The first kappa shape index (κ1) is 15.0. The topological polar surface area (TPSA) is 33.2 Å². The quantitative estimate of drug-likeness (QED) is 0.795. The average Bonchev–Trinajstić information content (AvgIpc) is 3.00. The molecule has 1 aliphatic rings. The summed E-state index contributed by atoms with van der Waals surface area (Å²) in [5, 5.41) is 0.947. The summed E-state index contributed by atoms with van der Waals surface area (Å²) in [5.41, 5.74) is 2.97. The van der Waals surface area contributed by atoms with E-state index in [1.165, 1.54) is 11.3 Å². The molecule has 0 N–H and O–H groups in total. The van der Waals surface area contributed by atoms with Crippen molar-refractivity contribution in [2.24, 2.45) is 0 Å². The van der Waals surface area contributed by atoms with E-state index in [0.717, 1.165) is 52.6 Å². The molecule has 1 aromatic heterocycles. The lowest BCUT2D eigenvalue weighted by molar-refractivity contribution is 0.102. The number of thiazole rings is 1. The number of nitrogens with zero attached hydrogens (tertiary/aromatic N) is 2. The highest BCUT2D eigenvalue weighted by atomic mass is 32.1. The molecular weight excluding hydrogens is 292 g/mol. The van der Waals surface area contributed by atoms with Crippen molar-refractivity contribution in [1.82, 2.24) is 9.88 Å². The van der Waals surface area contributed by atoms with Gasteiger partial charge in [0.15, 0.2) is 0 Å². The molecule has 3 rings (SSSR count). The van der Waals surface area contributed by atoms with Gasteiger partial charge in [-0.3, -0.25) is 4.79 Å². The smallest absolute Gasteiger partial charge is 0.202 e. The SMILES string of the molecule is CCN(/C=C1\CCc2nc(-c3ccccc3)sc2C1=O)CC. The van der Waals surface area contributed by atoms with E-state index in [4.69, 9.17) is 0 Å². The van der Waals surface area contributed by atoms with Gasteiger partial charge in [-0.25, -0.2) is 4.98 Å². The number of Topliss-reactive ketones (excluding diaryl/α,β-unsaturated/α-hetero) is 1. The molecule has 0 unspecified atom stereocenters. The summed E-state index contributed by atoms with van der Waals surface area (Å²) in [6, 6.07) is 10.1. The lowest BCUT2D eigenvalue weighted by atomic mass is 9.96.